The molecule has 16 heavy (non-hydrogen) atoms. The minimum absolute atomic E-state index is 0.0131. The van der Waals surface area contributed by atoms with Gasteiger partial charge in [0, 0.05) is 0 Å². The summed E-state index contributed by atoms with van der Waals surface area (Å²) in [6.07, 6.45) is -1.81. The van der Waals surface area contributed by atoms with Crippen LogP contribution < -0.4 is 5.73 Å². The highest BCUT2D eigenvalue weighted by Crippen LogP contribution is 2.33. The van der Waals surface area contributed by atoms with E-state index in [9.17, 15) is 13.2 Å². The van der Waals surface area contributed by atoms with Crippen LogP contribution in [-0.4, -0.2) is 9.55 Å². The minimum atomic E-state index is -4.39. The van der Waals surface area contributed by atoms with Crippen LogP contribution in [0.3, 0.4) is 0 Å². The van der Waals surface area contributed by atoms with Crippen LogP contribution in [0.2, 0.25) is 0 Å². The van der Waals surface area contributed by atoms with Gasteiger partial charge in [0.2, 0.25) is 0 Å². The summed E-state index contributed by atoms with van der Waals surface area (Å²) < 4.78 is 39.3. The lowest BCUT2D eigenvalue weighted by Gasteiger charge is -2.12. The van der Waals surface area contributed by atoms with Crippen molar-refractivity contribution in [2.45, 2.75) is 6.18 Å². The van der Waals surface area contributed by atoms with Crippen molar-refractivity contribution in [3.05, 3.63) is 42.4 Å². The quantitative estimate of drug-likeness (QED) is 0.813. The van der Waals surface area contributed by atoms with Gasteiger partial charge in [-0.25, -0.2) is 4.98 Å². The monoisotopic (exact) mass is 227 g/mol. The van der Waals surface area contributed by atoms with Crippen molar-refractivity contribution in [1.82, 2.24) is 9.55 Å². The number of nitrogens with two attached hydrogens (primary N) is 1. The molecule has 2 N–H and O–H groups in total. The van der Waals surface area contributed by atoms with Crippen LogP contribution in [0.1, 0.15) is 5.56 Å². The second-order valence-corrected chi connectivity index (χ2v) is 3.22. The number of anilines is 1. The summed E-state index contributed by atoms with van der Waals surface area (Å²) in [5, 5.41) is 0. The molecule has 0 fully saturated rings. The number of para-hydroxylation sites is 1. The highest BCUT2D eigenvalue weighted by Gasteiger charge is 2.33. The van der Waals surface area contributed by atoms with E-state index in [1.54, 1.807) is 0 Å². The number of imidazole rings is 1. The molecule has 0 saturated carbocycles. The van der Waals surface area contributed by atoms with Crippen LogP contribution in [0.5, 0.6) is 0 Å². The van der Waals surface area contributed by atoms with Crippen molar-refractivity contribution in [3.63, 3.8) is 0 Å². The van der Waals surface area contributed by atoms with Crippen LogP contribution in [0.15, 0.2) is 36.8 Å². The molecular weight excluding hydrogens is 219 g/mol. The second-order valence-electron chi connectivity index (χ2n) is 3.22. The van der Waals surface area contributed by atoms with Gasteiger partial charge >= 0.3 is 6.18 Å². The van der Waals surface area contributed by atoms with Crippen LogP contribution in [0.4, 0.5) is 19.0 Å². The van der Waals surface area contributed by atoms with Gasteiger partial charge in [-0.05, 0) is 12.1 Å². The number of aromatic nitrogens is 2. The Morgan fingerprint density at radius 2 is 1.88 bits per heavy atom. The Morgan fingerprint density at radius 3 is 2.44 bits per heavy atom. The Hall–Kier alpha value is -1.98. The third-order valence-corrected chi connectivity index (χ3v) is 2.09. The molecule has 1 heterocycles. The molecule has 0 radical (unpaired) electrons. The van der Waals surface area contributed by atoms with Crippen molar-refractivity contribution in [3.8, 4) is 5.69 Å². The van der Waals surface area contributed by atoms with E-state index in [4.69, 9.17) is 5.73 Å². The van der Waals surface area contributed by atoms with Crippen LogP contribution in [0.25, 0.3) is 5.69 Å². The lowest BCUT2D eigenvalue weighted by molar-refractivity contribution is -0.137. The Balaban J connectivity index is 2.57. The fourth-order valence-corrected chi connectivity index (χ4v) is 1.41. The number of benzene rings is 1. The van der Waals surface area contributed by atoms with E-state index in [-0.39, 0.29) is 11.5 Å². The highest BCUT2D eigenvalue weighted by molar-refractivity contribution is 5.44. The Labute approximate surface area is 89.3 Å². The Kier molecular flexibility index (Phi) is 2.34. The van der Waals surface area contributed by atoms with Gasteiger partial charge in [0.15, 0.2) is 0 Å². The van der Waals surface area contributed by atoms with Crippen molar-refractivity contribution in [2.75, 3.05) is 5.73 Å². The first-order chi connectivity index (χ1) is 7.48. The molecule has 6 heteroatoms. The molecule has 1 aromatic heterocycles. The number of nitrogen functional groups attached to an aromatic ring is 1. The largest absolute Gasteiger partial charge is 0.418 e. The fraction of sp³-hybridized carbons (Fsp3) is 0.100. The summed E-state index contributed by atoms with van der Waals surface area (Å²) in [6, 6.07) is 5.25. The molecule has 0 atom stereocenters. The van der Waals surface area contributed by atoms with Gasteiger partial charge in [-0.2, -0.15) is 13.2 Å². The predicted molar refractivity (Wildman–Crippen MR) is 53.0 cm³/mol. The molecule has 0 aliphatic carbocycles. The molecule has 0 unspecified atom stereocenters. The molecule has 2 aromatic rings. The third kappa shape index (κ3) is 1.86. The number of nitrogens with zero attached hydrogens (tertiary/aromatic N) is 2. The van der Waals surface area contributed by atoms with Crippen molar-refractivity contribution < 1.29 is 13.2 Å². The maximum absolute atomic E-state index is 12.7. The van der Waals surface area contributed by atoms with Gasteiger partial charge in [-0.15, -0.1) is 0 Å². The van der Waals surface area contributed by atoms with E-state index in [2.05, 4.69) is 4.98 Å². The molecule has 1 aromatic carbocycles. The van der Waals surface area contributed by atoms with Gasteiger partial charge in [0.1, 0.15) is 12.1 Å². The molecule has 3 nitrogen and oxygen atoms in total. The normalized spacial score (nSPS) is 11.7. The summed E-state index contributed by atoms with van der Waals surface area (Å²) in [7, 11) is 0. The SMILES string of the molecule is Nc1cn(-c2ccccc2C(F)(F)F)cn1. The molecular formula is C10H8F3N3. The maximum Gasteiger partial charge on any atom is 0.418 e. The summed E-state index contributed by atoms with van der Waals surface area (Å²) in [5.41, 5.74) is 4.66. The molecule has 0 aliphatic heterocycles. The number of alkyl halides is 3. The van der Waals surface area contributed by atoms with Crippen molar-refractivity contribution in [2.24, 2.45) is 0 Å². The van der Waals surface area contributed by atoms with E-state index in [1.807, 2.05) is 0 Å². The maximum atomic E-state index is 12.7. The fourth-order valence-electron chi connectivity index (χ4n) is 1.41. The van der Waals surface area contributed by atoms with E-state index >= 15 is 0 Å². The number of rotatable bonds is 1. The van der Waals surface area contributed by atoms with Gasteiger partial charge in [-0.3, -0.25) is 0 Å². The summed E-state index contributed by atoms with van der Waals surface area (Å²) in [4.78, 5) is 3.69. The molecule has 2 rings (SSSR count). The van der Waals surface area contributed by atoms with Gasteiger partial charge in [0.05, 0.1) is 17.4 Å². The molecule has 0 amide bonds. The Bertz CT molecular complexity index is 502. The van der Waals surface area contributed by atoms with E-state index < -0.39 is 11.7 Å². The third-order valence-electron chi connectivity index (χ3n) is 2.09. The average Bonchev–Trinajstić information content (AvgIpc) is 2.64. The number of hydrogen-bond acceptors (Lipinski definition) is 2. The molecule has 0 bridgehead atoms. The highest BCUT2D eigenvalue weighted by atomic mass is 19.4. The van der Waals surface area contributed by atoms with Crippen molar-refractivity contribution >= 4 is 5.82 Å². The van der Waals surface area contributed by atoms with Crippen molar-refractivity contribution in [1.29, 1.82) is 0 Å². The summed E-state index contributed by atoms with van der Waals surface area (Å²) in [6.45, 7) is 0. The Morgan fingerprint density at radius 1 is 1.19 bits per heavy atom. The van der Waals surface area contributed by atoms with Gasteiger partial charge < -0.3 is 10.3 Å². The van der Waals surface area contributed by atoms with E-state index in [0.29, 0.717) is 0 Å². The first-order valence-corrected chi connectivity index (χ1v) is 4.44. The minimum Gasteiger partial charge on any atom is -0.382 e. The summed E-state index contributed by atoms with van der Waals surface area (Å²) in [5.74, 6) is 0.178. The lowest BCUT2D eigenvalue weighted by Crippen LogP contribution is -2.09. The predicted octanol–water partition coefficient (Wildman–Crippen LogP) is 2.47. The molecule has 0 spiro atoms. The van der Waals surface area contributed by atoms with Gasteiger partial charge in [-0.1, -0.05) is 12.1 Å². The van der Waals surface area contributed by atoms with E-state index in [0.717, 1.165) is 6.07 Å². The number of halogens is 3. The second kappa shape index (κ2) is 3.55. The zero-order chi connectivity index (χ0) is 11.8. The molecule has 0 aliphatic rings. The molecule has 0 saturated heterocycles. The standard InChI is InChI=1S/C10H8F3N3/c11-10(12,13)7-3-1-2-4-8(7)16-5-9(14)15-6-16/h1-6H,14H2. The van der Waals surface area contributed by atoms with Crippen LogP contribution in [-0.2, 0) is 6.18 Å². The first-order valence-electron chi connectivity index (χ1n) is 4.44. The topological polar surface area (TPSA) is 43.8 Å². The zero-order valence-electron chi connectivity index (χ0n) is 8.07. The smallest absolute Gasteiger partial charge is 0.382 e. The van der Waals surface area contributed by atoms with Crippen LogP contribution in [0, 0.1) is 0 Å². The number of hydrogen-bond donors (Lipinski definition) is 1. The lowest BCUT2D eigenvalue weighted by atomic mass is 10.1. The summed E-state index contributed by atoms with van der Waals surface area (Å²) >= 11 is 0. The van der Waals surface area contributed by atoms with Crippen LogP contribution >= 0.6 is 0 Å². The van der Waals surface area contributed by atoms with Gasteiger partial charge in [0.25, 0.3) is 0 Å². The zero-order valence-corrected chi connectivity index (χ0v) is 8.07. The average molecular weight is 227 g/mol. The first kappa shape index (κ1) is 10.5. The van der Waals surface area contributed by atoms with E-state index in [1.165, 1.54) is 35.3 Å². The molecule has 84 valence electrons.